The summed E-state index contributed by atoms with van der Waals surface area (Å²) in [5.74, 6) is 0.192. The van der Waals surface area contributed by atoms with Gasteiger partial charge in [-0.3, -0.25) is 9.13 Å². The van der Waals surface area contributed by atoms with Crippen LogP contribution in [0.1, 0.15) is 12.5 Å². The van der Waals surface area contributed by atoms with Gasteiger partial charge in [-0.1, -0.05) is 0 Å². The number of rotatable bonds is 15. The summed E-state index contributed by atoms with van der Waals surface area (Å²) in [6.45, 7) is -10.8. The van der Waals surface area contributed by atoms with E-state index in [0.717, 1.165) is 0 Å². The number of aliphatic hydroxyl groups excluding tert-OH is 6. The minimum Gasteiger partial charge on any atom is -0.388 e. The third-order valence-corrected chi connectivity index (χ3v) is 11.2. The van der Waals surface area contributed by atoms with Gasteiger partial charge < -0.3 is 79.5 Å². The number of nitrogen functional groups attached to an aromatic ring is 2. The van der Waals surface area contributed by atoms with Crippen molar-refractivity contribution in [2.24, 2.45) is 0 Å². The van der Waals surface area contributed by atoms with E-state index in [0.29, 0.717) is 0 Å². The van der Waals surface area contributed by atoms with Gasteiger partial charge in [0.15, 0.2) is 35.4 Å². The van der Waals surface area contributed by atoms with Crippen LogP contribution in [0.3, 0.4) is 0 Å². The van der Waals surface area contributed by atoms with Crippen molar-refractivity contribution in [2.45, 2.75) is 61.3 Å². The molecule has 4 aromatic heterocycles. The summed E-state index contributed by atoms with van der Waals surface area (Å²) in [5, 5.41) is 62.9. The van der Waals surface area contributed by atoms with Crippen molar-refractivity contribution >= 4 is 71.0 Å². The van der Waals surface area contributed by atoms with Crippen LogP contribution in [0.4, 0.5) is 11.6 Å². The van der Waals surface area contributed by atoms with Crippen LogP contribution in [0, 0.1) is 0 Å². The smallest absolute Gasteiger partial charge is 0.324 e. The average molecular weight is 813 g/mol. The molecular formula is C24H34N10O14P2S2. The van der Waals surface area contributed by atoms with Gasteiger partial charge >= 0.3 is 13.4 Å². The van der Waals surface area contributed by atoms with E-state index in [4.69, 9.17) is 62.6 Å². The van der Waals surface area contributed by atoms with Gasteiger partial charge in [-0.05, 0) is 23.6 Å². The lowest BCUT2D eigenvalue weighted by Gasteiger charge is -2.24. The number of hydrogen-bond acceptors (Lipinski definition) is 22. The minimum absolute atomic E-state index is 0.0960. The number of hydrogen-bond donors (Lipinski definition) is 10. The molecule has 2 fully saturated rings. The average Bonchev–Trinajstić information content (AvgIpc) is 3.87. The molecule has 2 saturated heterocycles. The predicted molar refractivity (Wildman–Crippen MR) is 180 cm³/mol. The van der Waals surface area contributed by atoms with Gasteiger partial charge in [0.2, 0.25) is 0 Å². The van der Waals surface area contributed by atoms with Crippen LogP contribution in [0.25, 0.3) is 22.3 Å². The highest BCUT2D eigenvalue weighted by molar-refractivity contribution is 8.07. The van der Waals surface area contributed by atoms with Crippen molar-refractivity contribution < 1.29 is 68.0 Å². The molecule has 52 heavy (non-hydrogen) atoms. The first-order chi connectivity index (χ1) is 24.6. The van der Waals surface area contributed by atoms with Crippen LogP contribution in [0.5, 0.6) is 0 Å². The molecule has 0 aliphatic carbocycles. The molecule has 2 aliphatic rings. The third kappa shape index (κ3) is 8.24. The molecule has 6 rings (SSSR count). The highest BCUT2D eigenvalue weighted by atomic mass is 32.5. The molecule has 0 amide bonds. The molecule has 0 bridgehead atoms. The Labute approximate surface area is 302 Å². The summed E-state index contributed by atoms with van der Waals surface area (Å²) in [6, 6.07) is 0. The van der Waals surface area contributed by atoms with E-state index in [9.17, 15) is 40.4 Å². The van der Waals surface area contributed by atoms with Crippen molar-refractivity contribution in [3.8, 4) is 0 Å². The van der Waals surface area contributed by atoms with Crippen LogP contribution >= 0.6 is 13.4 Å². The number of imidazole rings is 2. The van der Waals surface area contributed by atoms with E-state index in [1.807, 2.05) is 0 Å². The van der Waals surface area contributed by atoms with E-state index in [2.05, 4.69) is 29.9 Å². The highest BCUT2D eigenvalue weighted by Crippen LogP contribution is 2.47. The lowest BCUT2D eigenvalue weighted by Crippen LogP contribution is -2.35. The summed E-state index contributed by atoms with van der Waals surface area (Å²) in [4.78, 5) is 45.0. The van der Waals surface area contributed by atoms with Crippen LogP contribution in [0.15, 0.2) is 25.3 Å². The maximum atomic E-state index is 10.6. The SMILES string of the molecule is Nc1ncnc2c1ncn2C1OC(COP(O)(=S)OCC(O)C(O)COP(O)(=S)OCC2OC(n3cnc4c(N)ncnc43)C(O)C2O)C(O)C1O. The summed E-state index contributed by atoms with van der Waals surface area (Å²) in [7, 11) is 0. The molecule has 12 N–H and O–H groups in total. The number of ether oxygens (including phenoxy) is 2. The zero-order valence-electron chi connectivity index (χ0n) is 26.4. The fourth-order valence-corrected chi connectivity index (χ4v) is 7.51. The summed E-state index contributed by atoms with van der Waals surface area (Å²) in [5.41, 5.74) is 12.6. The molecule has 12 atom stereocenters. The zero-order valence-corrected chi connectivity index (χ0v) is 29.8. The molecular weight excluding hydrogens is 778 g/mol. The Kier molecular flexibility index (Phi) is 11.8. The van der Waals surface area contributed by atoms with Gasteiger partial charge in [-0.2, -0.15) is 0 Å². The molecule has 0 radical (unpaired) electrons. The highest BCUT2D eigenvalue weighted by Gasteiger charge is 2.46. The van der Waals surface area contributed by atoms with Crippen LogP contribution in [-0.4, -0.2) is 155 Å². The maximum Gasteiger partial charge on any atom is 0.324 e. The van der Waals surface area contributed by atoms with E-state index < -0.39 is 101 Å². The molecule has 12 unspecified atom stereocenters. The Morgan fingerprint density at radius 1 is 0.654 bits per heavy atom. The Morgan fingerprint density at radius 2 is 1.04 bits per heavy atom. The number of nitrogens with two attached hydrogens (primary N) is 2. The van der Waals surface area contributed by atoms with Gasteiger partial charge in [0.1, 0.15) is 72.5 Å². The van der Waals surface area contributed by atoms with Crippen molar-refractivity contribution in [3.63, 3.8) is 0 Å². The Hall–Kier alpha value is -2.56. The van der Waals surface area contributed by atoms with Crippen molar-refractivity contribution in [1.29, 1.82) is 0 Å². The molecule has 286 valence electrons. The topological polar surface area (TPSA) is 356 Å². The first-order valence-electron chi connectivity index (χ1n) is 15.1. The van der Waals surface area contributed by atoms with Crippen LogP contribution in [-0.2, 0) is 51.2 Å². The molecule has 0 aromatic carbocycles. The summed E-state index contributed by atoms with van der Waals surface area (Å²) >= 11 is 9.89. The minimum atomic E-state index is -4.11. The monoisotopic (exact) mass is 812 g/mol. The summed E-state index contributed by atoms with van der Waals surface area (Å²) < 4.78 is 34.8. The van der Waals surface area contributed by atoms with Gasteiger partial charge in [-0.15, -0.1) is 0 Å². The van der Waals surface area contributed by atoms with Gasteiger partial charge in [0.25, 0.3) is 0 Å². The number of aliphatic hydroxyl groups is 6. The summed E-state index contributed by atoms with van der Waals surface area (Å²) in [6.07, 6.45) is -9.15. The Bertz CT molecular complexity index is 1840. The third-order valence-electron chi connectivity index (χ3n) is 8.06. The molecule has 0 saturated carbocycles. The number of anilines is 2. The van der Waals surface area contributed by atoms with Crippen molar-refractivity contribution in [3.05, 3.63) is 25.3 Å². The maximum absolute atomic E-state index is 10.6. The number of aromatic nitrogens is 8. The molecule has 0 spiro atoms. The number of fused-ring (bicyclic) bond motifs is 2. The second-order valence-electron chi connectivity index (χ2n) is 11.5. The van der Waals surface area contributed by atoms with E-state index >= 15 is 0 Å². The van der Waals surface area contributed by atoms with E-state index in [1.165, 1.54) is 34.4 Å². The number of nitrogens with zero attached hydrogens (tertiary/aromatic N) is 8. The van der Waals surface area contributed by atoms with Gasteiger partial charge in [-0.25, -0.2) is 29.9 Å². The Balaban J connectivity index is 0.936. The molecule has 6 heterocycles. The zero-order chi connectivity index (χ0) is 37.5. The predicted octanol–water partition coefficient (Wildman–Crippen LogP) is -3.71. The quantitative estimate of drug-likeness (QED) is 0.0516. The van der Waals surface area contributed by atoms with Crippen molar-refractivity contribution in [1.82, 2.24) is 39.0 Å². The van der Waals surface area contributed by atoms with Gasteiger partial charge in [0.05, 0.1) is 39.1 Å². The molecule has 2 aliphatic heterocycles. The normalized spacial score (nSPS) is 30.1. The van der Waals surface area contributed by atoms with E-state index in [-0.39, 0.29) is 34.0 Å². The molecule has 4 aromatic rings. The Morgan fingerprint density at radius 3 is 1.42 bits per heavy atom. The first kappa shape index (κ1) is 39.1. The van der Waals surface area contributed by atoms with Crippen LogP contribution < -0.4 is 11.5 Å². The molecule has 28 heteroatoms. The second kappa shape index (κ2) is 15.7. The fourth-order valence-electron chi connectivity index (χ4n) is 5.28. The van der Waals surface area contributed by atoms with E-state index in [1.54, 1.807) is 0 Å². The standard InChI is InChI=1S/C24H34N10O14P2S2/c25-19-13-21(29-5-27-19)33(7-31-13)23-17(39)15(37)11(47-23)3-45-49(41,51)43-1-9(35)10(36)2-44-50(42,52)46-4-12-16(38)18(40)24(48-12)34-8-32-14-20(26)28-6-30-22(14)34/h5-12,15-18,23-24,35-40H,1-4H2,(H,41,51)(H,42,52)(H2,25,27,29)(H2,26,28,30). The fraction of sp³-hybridized carbons (Fsp3) is 0.583. The lowest BCUT2D eigenvalue weighted by atomic mass is 10.1. The van der Waals surface area contributed by atoms with Crippen molar-refractivity contribution in [2.75, 3.05) is 37.9 Å². The van der Waals surface area contributed by atoms with Gasteiger partial charge in [0, 0.05) is 0 Å². The second-order valence-corrected chi connectivity index (χ2v) is 17.2. The van der Waals surface area contributed by atoms with Crippen LogP contribution in [0.2, 0.25) is 0 Å². The largest absolute Gasteiger partial charge is 0.388 e. The first-order valence-corrected chi connectivity index (χ1v) is 20.2. The lowest BCUT2D eigenvalue weighted by molar-refractivity contribution is -0.0561. The molecule has 24 nitrogen and oxygen atoms in total.